The van der Waals surface area contributed by atoms with Gasteiger partial charge in [-0.15, -0.1) is 6.58 Å². The van der Waals surface area contributed by atoms with Crippen LogP contribution in [0.5, 0.6) is 0 Å². The Morgan fingerprint density at radius 1 is 1.00 bits per heavy atom. The smallest absolute Gasteiger partial charge is 0.0573 e. The number of aliphatic hydroxyl groups is 2. The van der Waals surface area contributed by atoms with Gasteiger partial charge in [-0.05, 0) is 124 Å². The third-order valence-corrected chi connectivity index (χ3v) is 10.3. The van der Waals surface area contributed by atoms with Gasteiger partial charge in [0, 0.05) is 0 Å². The first-order chi connectivity index (χ1) is 13.3. The third kappa shape index (κ3) is 3.41. The van der Waals surface area contributed by atoms with Crippen LogP contribution in [0, 0.1) is 40.4 Å². The summed E-state index contributed by atoms with van der Waals surface area (Å²) in [5, 5.41) is 21.3. The van der Waals surface area contributed by atoms with Crippen molar-refractivity contribution in [3.8, 4) is 0 Å². The van der Waals surface area contributed by atoms with Crippen molar-refractivity contribution in [3.05, 3.63) is 12.2 Å². The van der Waals surface area contributed by atoms with Gasteiger partial charge >= 0.3 is 0 Å². The second-order valence-electron chi connectivity index (χ2n) is 11.7. The standard InChI is InChI=1S/C26H44O2/c1-17(2)6-5-7-24(28)23-11-10-21-20-9-8-18-16-19(27)12-14-25(18,3)22(20)13-15-26(21,23)4/h18-24,27-28H,1,5-16H2,2-4H3. The van der Waals surface area contributed by atoms with Gasteiger partial charge < -0.3 is 10.2 Å². The highest BCUT2D eigenvalue weighted by Crippen LogP contribution is 2.67. The van der Waals surface area contributed by atoms with Crippen molar-refractivity contribution in [1.29, 1.82) is 0 Å². The van der Waals surface area contributed by atoms with Gasteiger partial charge in [-0.3, -0.25) is 0 Å². The number of rotatable bonds is 5. The molecule has 4 aliphatic rings. The molecule has 0 amide bonds. The Balaban J connectivity index is 1.47. The maximum atomic E-state index is 11.1. The molecule has 0 saturated heterocycles. The van der Waals surface area contributed by atoms with E-state index in [4.69, 9.17) is 0 Å². The molecule has 0 aromatic carbocycles. The fourth-order valence-electron chi connectivity index (χ4n) is 8.72. The molecule has 2 heteroatoms. The number of aliphatic hydroxyl groups excluding tert-OH is 2. The maximum absolute atomic E-state index is 11.1. The Kier molecular flexibility index (Phi) is 5.77. The van der Waals surface area contributed by atoms with Crippen LogP contribution in [-0.4, -0.2) is 22.4 Å². The Morgan fingerprint density at radius 2 is 1.71 bits per heavy atom. The minimum atomic E-state index is -0.123. The van der Waals surface area contributed by atoms with Gasteiger partial charge in [-0.1, -0.05) is 19.4 Å². The van der Waals surface area contributed by atoms with E-state index in [1.54, 1.807) is 0 Å². The largest absolute Gasteiger partial charge is 0.393 e. The van der Waals surface area contributed by atoms with Crippen molar-refractivity contribution in [1.82, 2.24) is 0 Å². The van der Waals surface area contributed by atoms with E-state index in [1.807, 2.05) is 0 Å². The molecule has 4 fully saturated rings. The lowest BCUT2D eigenvalue weighted by Crippen LogP contribution is -2.54. The summed E-state index contributed by atoms with van der Waals surface area (Å²) in [4.78, 5) is 0. The average Bonchev–Trinajstić information content (AvgIpc) is 2.99. The zero-order valence-corrected chi connectivity index (χ0v) is 18.6. The predicted molar refractivity (Wildman–Crippen MR) is 116 cm³/mol. The number of hydrogen-bond donors (Lipinski definition) is 2. The minimum Gasteiger partial charge on any atom is -0.393 e. The van der Waals surface area contributed by atoms with Crippen LogP contribution in [0.25, 0.3) is 0 Å². The number of allylic oxidation sites excluding steroid dienone is 1. The molecule has 0 aliphatic heterocycles. The van der Waals surface area contributed by atoms with Crippen molar-refractivity contribution in [3.63, 3.8) is 0 Å². The van der Waals surface area contributed by atoms with Crippen LogP contribution in [0.4, 0.5) is 0 Å². The van der Waals surface area contributed by atoms with Crippen molar-refractivity contribution >= 4 is 0 Å². The maximum Gasteiger partial charge on any atom is 0.0573 e. The highest BCUT2D eigenvalue weighted by molar-refractivity contribution is 5.10. The highest BCUT2D eigenvalue weighted by Gasteiger charge is 2.60. The summed E-state index contributed by atoms with van der Waals surface area (Å²) in [6.07, 6.45) is 14.2. The van der Waals surface area contributed by atoms with Gasteiger partial charge in [0.25, 0.3) is 0 Å². The van der Waals surface area contributed by atoms with Gasteiger partial charge in [0.15, 0.2) is 0 Å². The summed E-state index contributed by atoms with van der Waals surface area (Å²) in [5.74, 6) is 3.78. The molecule has 4 saturated carbocycles. The van der Waals surface area contributed by atoms with E-state index >= 15 is 0 Å². The highest BCUT2D eigenvalue weighted by atomic mass is 16.3. The van der Waals surface area contributed by atoms with Crippen molar-refractivity contribution in [2.45, 2.75) is 110 Å². The molecule has 9 atom stereocenters. The predicted octanol–water partition coefficient (Wildman–Crippen LogP) is 6.11. The normalized spacial score (nSPS) is 49.0. The van der Waals surface area contributed by atoms with E-state index in [9.17, 15) is 10.2 Å². The monoisotopic (exact) mass is 388 g/mol. The van der Waals surface area contributed by atoms with Crippen molar-refractivity contribution in [2.24, 2.45) is 40.4 Å². The van der Waals surface area contributed by atoms with Crippen LogP contribution < -0.4 is 0 Å². The van der Waals surface area contributed by atoms with Crippen LogP contribution in [-0.2, 0) is 0 Å². The molecule has 0 heterocycles. The third-order valence-electron chi connectivity index (χ3n) is 10.3. The lowest BCUT2D eigenvalue weighted by molar-refractivity contribution is -0.133. The fourth-order valence-corrected chi connectivity index (χ4v) is 8.72. The molecular weight excluding hydrogens is 344 g/mol. The summed E-state index contributed by atoms with van der Waals surface area (Å²) in [5.41, 5.74) is 2.05. The van der Waals surface area contributed by atoms with E-state index in [-0.39, 0.29) is 12.2 Å². The summed E-state index contributed by atoms with van der Waals surface area (Å²) >= 11 is 0. The van der Waals surface area contributed by atoms with Crippen LogP contribution in [0.1, 0.15) is 97.8 Å². The molecule has 0 aromatic heterocycles. The topological polar surface area (TPSA) is 40.5 Å². The SMILES string of the molecule is C=C(C)CCCC(O)C1CCC2C3CCC4CC(O)CCC4(C)C3CCC12C. The first kappa shape index (κ1) is 20.9. The van der Waals surface area contributed by atoms with E-state index in [0.717, 1.165) is 55.8 Å². The first-order valence-corrected chi connectivity index (χ1v) is 12.3. The van der Waals surface area contributed by atoms with Gasteiger partial charge in [0.05, 0.1) is 12.2 Å². The van der Waals surface area contributed by atoms with Crippen molar-refractivity contribution in [2.75, 3.05) is 0 Å². The molecule has 28 heavy (non-hydrogen) atoms. The summed E-state index contributed by atoms with van der Waals surface area (Å²) in [7, 11) is 0. The fraction of sp³-hybridized carbons (Fsp3) is 0.923. The lowest BCUT2D eigenvalue weighted by atomic mass is 9.44. The molecule has 4 rings (SSSR count). The van der Waals surface area contributed by atoms with Crippen LogP contribution in [0.3, 0.4) is 0 Å². The van der Waals surface area contributed by atoms with E-state index in [0.29, 0.717) is 16.7 Å². The zero-order chi connectivity index (χ0) is 20.1. The molecular formula is C26H44O2. The molecule has 160 valence electrons. The molecule has 0 spiro atoms. The quantitative estimate of drug-likeness (QED) is 0.558. The van der Waals surface area contributed by atoms with E-state index < -0.39 is 0 Å². The second kappa shape index (κ2) is 7.73. The molecule has 0 aromatic rings. The van der Waals surface area contributed by atoms with Gasteiger partial charge in [-0.2, -0.15) is 0 Å². The van der Waals surface area contributed by atoms with E-state index in [2.05, 4.69) is 27.4 Å². The van der Waals surface area contributed by atoms with Crippen LogP contribution in [0.2, 0.25) is 0 Å². The molecule has 2 N–H and O–H groups in total. The molecule has 4 aliphatic carbocycles. The molecule has 9 unspecified atom stereocenters. The van der Waals surface area contributed by atoms with Crippen LogP contribution >= 0.6 is 0 Å². The van der Waals surface area contributed by atoms with Gasteiger partial charge in [0.1, 0.15) is 0 Å². The van der Waals surface area contributed by atoms with Gasteiger partial charge in [-0.25, -0.2) is 0 Å². The first-order valence-electron chi connectivity index (χ1n) is 12.3. The second-order valence-corrected chi connectivity index (χ2v) is 11.7. The average molecular weight is 389 g/mol. The molecule has 0 bridgehead atoms. The number of fused-ring (bicyclic) bond motifs is 5. The summed E-state index contributed by atoms with van der Waals surface area (Å²) in [6.45, 7) is 11.2. The zero-order valence-electron chi connectivity index (χ0n) is 18.6. The lowest BCUT2D eigenvalue weighted by Gasteiger charge is -2.61. The summed E-state index contributed by atoms with van der Waals surface area (Å²) < 4.78 is 0. The Morgan fingerprint density at radius 3 is 2.46 bits per heavy atom. The minimum absolute atomic E-state index is 0.0475. The summed E-state index contributed by atoms with van der Waals surface area (Å²) in [6, 6.07) is 0. The number of hydrogen-bond acceptors (Lipinski definition) is 2. The van der Waals surface area contributed by atoms with Crippen LogP contribution in [0.15, 0.2) is 12.2 Å². The van der Waals surface area contributed by atoms with Crippen molar-refractivity contribution < 1.29 is 10.2 Å². The molecule has 0 radical (unpaired) electrons. The Hall–Kier alpha value is -0.340. The molecule has 2 nitrogen and oxygen atoms in total. The van der Waals surface area contributed by atoms with E-state index in [1.165, 1.54) is 50.5 Å². The Bertz CT molecular complexity index is 585. The van der Waals surface area contributed by atoms with Gasteiger partial charge in [0.2, 0.25) is 0 Å². The Labute approximate surface area is 173 Å².